The molecule has 2 N–H and O–H groups in total. The van der Waals surface area contributed by atoms with Crippen LogP contribution in [0.4, 0.5) is 15.8 Å². The van der Waals surface area contributed by atoms with Gasteiger partial charge < -0.3 is 5.73 Å². The van der Waals surface area contributed by atoms with Gasteiger partial charge in [0.05, 0.1) is 16.6 Å². The molecule has 16 heavy (non-hydrogen) atoms. The van der Waals surface area contributed by atoms with Crippen LogP contribution in [-0.2, 0) is 0 Å². The van der Waals surface area contributed by atoms with Crippen molar-refractivity contribution in [2.75, 3.05) is 11.5 Å². The average Bonchev–Trinajstić information content (AvgIpc) is 2.22. The third-order valence-corrected chi connectivity index (χ3v) is 2.00. The van der Waals surface area contributed by atoms with Gasteiger partial charge in [0.1, 0.15) is 11.5 Å². The molecule has 0 saturated heterocycles. The van der Waals surface area contributed by atoms with Crippen molar-refractivity contribution in [2.45, 2.75) is 6.42 Å². The highest BCUT2D eigenvalue weighted by Crippen LogP contribution is 2.25. The van der Waals surface area contributed by atoms with Crippen molar-refractivity contribution < 1.29 is 9.31 Å². The molecule has 0 fully saturated rings. The van der Waals surface area contributed by atoms with Gasteiger partial charge in [0, 0.05) is 12.2 Å². The molecule has 0 amide bonds. The number of nitro benzene ring substituents is 1. The lowest BCUT2D eigenvalue weighted by molar-refractivity contribution is -0.384. The van der Waals surface area contributed by atoms with E-state index < -0.39 is 16.4 Å². The van der Waals surface area contributed by atoms with E-state index in [1.54, 1.807) is 0 Å². The topological polar surface area (TPSA) is 69.2 Å². The second-order valence-electron chi connectivity index (χ2n) is 2.92. The highest BCUT2D eigenvalue weighted by atomic mass is 32.1. The number of nitrogens with zero attached hydrogens (tertiary/aromatic N) is 1. The zero-order valence-electron chi connectivity index (χ0n) is 8.24. The molecule has 0 atom stereocenters. The minimum absolute atomic E-state index is 0.113. The molecule has 0 aliphatic rings. The number of thiol groups is 1. The molecule has 0 aliphatic heterocycles. The molecule has 0 bridgehead atoms. The summed E-state index contributed by atoms with van der Waals surface area (Å²) in [4.78, 5) is 9.82. The van der Waals surface area contributed by atoms with Gasteiger partial charge in [-0.15, -0.1) is 0 Å². The Morgan fingerprint density at radius 2 is 2.25 bits per heavy atom. The molecular weight excluding hydrogens is 231 g/mol. The summed E-state index contributed by atoms with van der Waals surface area (Å²) in [5, 5.41) is 10.6. The summed E-state index contributed by atoms with van der Waals surface area (Å²) >= 11 is 3.95. The van der Waals surface area contributed by atoms with Crippen LogP contribution >= 0.6 is 12.6 Å². The van der Waals surface area contributed by atoms with Crippen LogP contribution in [0.15, 0.2) is 12.1 Å². The number of hydrogen-bond donors (Lipinski definition) is 2. The third kappa shape index (κ3) is 2.87. The number of anilines is 1. The molecule has 0 radical (unpaired) electrons. The highest BCUT2D eigenvalue weighted by molar-refractivity contribution is 7.80. The Kier molecular flexibility index (Phi) is 4.14. The second kappa shape index (κ2) is 5.37. The van der Waals surface area contributed by atoms with Crippen LogP contribution < -0.4 is 5.73 Å². The summed E-state index contributed by atoms with van der Waals surface area (Å²) in [6.45, 7) is 0. The zero-order chi connectivity index (χ0) is 12.1. The molecule has 0 heterocycles. The lowest BCUT2D eigenvalue weighted by atomic mass is 10.1. The van der Waals surface area contributed by atoms with E-state index >= 15 is 0 Å². The fourth-order valence-electron chi connectivity index (χ4n) is 1.07. The maximum absolute atomic E-state index is 13.0. The van der Waals surface area contributed by atoms with Gasteiger partial charge in [-0.1, -0.05) is 11.8 Å². The molecule has 1 aromatic rings. The fourth-order valence-corrected chi connectivity index (χ4v) is 1.18. The van der Waals surface area contributed by atoms with Gasteiger partial charge in [-0.05, 0) is 6.07 Å². The van der Waals surface area contributed by atoms with Crippen LogP contribution in [0.3, 0.4) is 0 Å². The highest BCUT2D eigenvalue weighted by Gasteiger charge is 2.16. The van der Waals surface area contributed by atoms with Crippen molar-refractivity contribution in [1.82, 2.24) is 0 Å². The monoisotopic (exact) mass is 240 g/mol. The standard InChI is InChI=1S/C10H9FN2O2S/c11-8-5-7(3-1-2-4-16)10(12)9(6-8)13(14)15/h5-6,16H,2,4,12H2. The molecule has 1 rings (SSSR count). The normalized spacial score (nSPS) is 9.38. The summed E-state index contributed by atoms with van der Waals surface area (Å²) in [5.41, 5.74) is 5.06. The number of nitrogen functional groups attached to an aromatic ring is 1. The molecule has 0 unspecified atom stereocenters. The van der Waals surface area contributed by atoms with Crippen molar-refractivity contribution in [3.63, 3.8) is 0 Å². The van der Waals surface area contributed by atoms with Crippen molar-refractivity contribution >= 4 is 24.0 Å². The van der Waals surface area contributed by atoms with E-state index in [2.05, 4.69) is 24.5 Å². The summed E-state index contributed by atoms with van der Waals surface area (Å²) in [5.74, 6) is 5.11. The number of nitro groups is 1. The van der Waals surface area contributed by atoms with Crippen molar-refractivity contribution in [3.05, 3.63) is 33.6 Å². The molecule has 0 aliphatic carbocycles. The first-order valence-electron chi connectivity index (χ1n) is 4.39. The number of rotatable bonds is 2. The van der Waals surface area contributed by atoms with E-state index in [1.165, 1.54) is 0 Å². The maximum atomic E-state index is 13.0. The Hall–Kier alpha value is -1.74. The van der Waals surface area contributed by atoms with Crippen LogP contribution in [0.25, 0.3) is 0 Å². The smallest absolute Gasteiger partial charge is 0.296 e. The molecule has 6 heteroatoms. The Morgan fingerprint density at radius 1 is 1.56 bits per heavy atom. The summed E-state index contributed by atoms with van der Waals surface area (Å²) < 4.78 is 13.0. The Bertz CT molecular complexity index is 480. The zero-order valence-corrected chi connectivity index (χ0v) is 9.13. The predicted molar refractivity (Wildman–Crippen MR) is 62.8 cm³/mol. The van der Waals surface area contributed by atoms with E-state index in [0.717, 1.165) is 12.1 Å². The second-order valence-corrected chi connectivity index (χ2v) is 3.37. The van der Waals surface area contributed by atoms with Crippen LogP contribution in [-0.4, -0.2) is 10.7 Å². The lowest BCUT2D eigenvalue weighted by Gasteiger charge is -2.00. The van der Waals surface area contributed by atoms with Crippen LogP contribution in [0.5, 0.6) is 0 Å². The first kappa shape index (κ1) is 12.3. The summed E-state index contributed by atoms with van der Waals surface area (Å²) in [6, 6.07) is 1.85. The van der Waals surface area contributed by atoms with Gasteiger partial charge in [0.2, 0.25) is 0 Å². The maximum Gasteiger partial charge on any atom is 0.296 e. The summed E-state index contributed by atoms with van der Waals surface area (Å²) in [7, 11) is 0. The molecular formula is C10H9FN2O2S. The molecule has 84 valence electrons. The van der Waals surface area contributed by atoms with Crippen molar-refractivity contribution in [3.8, 4) is 11.8 Å². The molecule has 4 nitrogen and oxygen atoms in total. The van der Waals surface area contributed by atoms with Crippen LogP contribution in [0, 0.1) is 27.8 Å². The van der Waals surface area contributed by atoms with Gasteiger partial charge in [0.15, 0.2) is 0 Å². The molecule has 0 spiro atoms. The first-order valence-corrected chi connectivity index (χ1v) is 5.02. The van der Waals surface area contributed by atoms with Gasteiger partial charge in [0.25, 0.3) is 5.69 Å². The van der Waals surface area contributed by atoms with Crippen LogP contribution in [0.2, 0.25) is 0 Å². The molecule has 0 aromatic heterocycles. The minimum atomic E-state index is -0.734. The van der Waals surface area contributed by atoms with Gasteiger partial charge in [-0.25, -0.2) is 4.39 Å². The van der Waals surface area contributed by atoms with Crippen LogP contribution in [0.1, 0.15) is 12.0 Å². The first-order chi connectivity index (χ1) is 7.56. The number of benzene rings is 1. The van der Waals surface area contributed by atoms with E-state index in [1.807, 2.05) is 0 Å². The Morgan fingerprint density at radius 3 is 2.81 bits per heavy atom. The summed E-state index contributed by atoms with van der Waals surface area (Å²) in [6.07, 6.45) is 0.507. The SMILES string of the molecule is Nc1c(C#CCCS)cc(F)cc1[N+](=O)[O-]. The predicted octanol–water partition coefficient (Wildman–Crippen LogP) is 1.99. The number of hydrogen-bond acceptors (Lipinski definition) is 4. The van der Waals surface area contributed by atoms with E-state index in [-0.39, 0.29) is 11.3 Å². The lowest BCUT2D eigenvalue weighted by Crippen LogP contribution is -1.99. The third-order valence-electron chi connectivity index (χ3n) is 1.78. The van der Waals surface area contributed by atoms with Crippen molar-refractivity contribution in [2.24, 2.45) is 0 Å². The number of nitrogens with two attached hydrogens (primary N) is 1. The quantitative estimate of drug-likeness (QED) is 0.273. The van der Waals surface area contributed by atoms with E-state index in [0.29, 0.717) is 12.2 Å². The number of halogens is 1. The van der Waals surface area contributed by atoms with Crippen molar-refractivity contribution in [1.29, 1.82) is 0 Å². The fraction of sp³-hybridized carbons (Fsp3) is 0.200. The van der Waals surface area contributed by atoms with Gasteiger partial charge in [-0.2, -0.15) is 12.6 Å². The molecule has 0 saturated carbocycles. The largest absolute Gasteiger partial charge is 0.392 e. The molecule has 1 aromatic carbocycles. The Balaban J connectivity index is 3.21. The van der Waals surface area contributed by atoms with Gasteiger partial charge in [-0.3, -0.25) is 10.1 Å². The minimum Gasteiger partial charge on any atom is -0.392 e. The Labute approximate surface area is 97.2 Å². The van der Waals surface area contributed by atoms with E-state index in [9.17, 15) is 14.5 Å². The average molecular weight is 240 g/mol. The van der Waals surface area contributed by atoms with E-state index in [4.69, 9.17) is 5.73 Å². The van der Waals surface area contributed by atoms with Gasteiger partial charge >= 0.3 is 0 Å².